The zero-order chi connectivity index (χ0) is 18.4. The normalized spacial score (nSPS) is 19.5. The number of nitrogens with zero attached hydrogens (tertiary/aromatic N) is 2. The Labute approximate surface area is 161 Å². The molecular formula is C19H24BrN5O. The molecule has 2 aliphatic heterocycles. The minimum Gasteiger partial charge on any atom is -0.505 e. The number of fused-ring (bicyclic) bond motifs is 1. The van der Waals surface area contributed by atoms with E-state index < -0.39 is 0 Å². The summed E-state index contributed by atoms with van der Waals surface area (Å²) in [7, 11) is 0. The molecule has 1 aromatic heterocycles. The third-order valence-electron chi connectivity index (χ3n) is 4.34. The highest BCUT2D eigenvalue weighted by molar-refractivity contribution is 9.11. The Kier molecular flexibility index (Phi) is 6.46. The lowest BCUT2D eigenvalue weighted by atomic mass is 10.2. The highest BCUT2D eigenvalue weighted by Gasteiger charge is 2.12. The molecular weight excluding hydrogens is 394 g/mol. The van der Waals surface area contributed by atoms with Crippen LogP contribution in [-0.4, -0.2) is 34.2 Å². The molecule has 6 nitrogen and oxygen atoms in total. The minimum absolute atomic E-state index is 0.240. The predicted octanol–water partition coefficient (Wildman–Crippen LogP) is 3.09. The fraction of sp³-hybridized carbons (Fsp3) is 0.368. The third-order valence-corrected chi connectivity index (χ3v) is 5.00. The Bertz CT molecular complexity index is 814. The van der Waals surface area contributed by atoms with Gasteiger partial charge in [-0.1, -0.05) is 6.07 Å². The number of hydrogen-bond donors (Lipinski definition) is 4. The Hall–Kier alpha value is -2.12. The highest BCUT2D eigenvalue weighted by Crippen LogP contribution is 2.18. The molecule has 1 atom stereocenters. The van der Waals surface area contributed by atoms with Gasteiger partial charge in [-0.2, -0.15) is 0 Å². The summed E-state index contributed by atoms with van der Waals surface area (Å²) in [5.74, 6) is 0.240. The van der Waals surface area contributed by atoms with Gasteiger partial charge in [0.25, 0.3) is 0 Å². The van der Waals surface area contributed by atoms with Gasteiger partial charge in [0, 0.05) is 37.7 Å². The molecule has 7 heteroatoms. The van der Waals surface area contributed by atoms with Gasteiger partial charge in [0.05, 0.1) is 21.2 Å². The first-order valence-corrected chi connectivity index (χ1v) is 9.61. The van der Waals surface area contributed by atoms with Gasteiger partial charge in [-0.25, -0.2) is 0 Å². The number of aliphatic hydroxyl groups excluding tert-OH is 1. The second-order valence-electron chi connectivity index (χ2n) is 6.42. The van der Waals surface area contributed by atoms with Crippen molar-refractivity contribution < 1.29 is 5.11 Å². The van der Waals surface area contributed by atoms with Crippen LogP contribution >= 0.6 is 15.9 Å². The van der Waals surface area contributed by atoms with Gasteiger partial charge < -0.3 is 21.1 Å². The maximum absolute atomic E-state index is 9.93. The number of aromatic nitrogens is 2. The fourth-order valence-corrected chi connectivity index (χ4v) is 3.23. The van der Waals surface area contributed by atoms with Gasteiger partial charge in [0.1, 0.15) is 0 Å². The maximum atomic E-state index is 9.93. The molecule has 4 N–H and O–H groups in total. The Balaban J connectivity index is 0.000000278. The number of hydrogen-bond acceptors (Lipinski definition) is 6. The molecule has 1 aromatic carbocycles. The van der Waals surface area contributed by atoms with Crippen LogP contribution in [0.5, 0.6) is 0 Å². The van der Waals surface area contributed by atoms with E-state index in [1.54, 1.807) is 18.6 Å². The first-order valence-electron chi connectivity index (χ1n) is 8.82. The molecule has 0 amide bonds. The van der Waals surface area contributed by atoms with E-state index in [0.717, 1.165) is 27.1 Å². The van der Waals surface area contributed by atoms with Crippen molar-refractivity contribution in [2.75, 3.05) is 13.1 Å². The van der Waals surface area contributed by atoms with Crippen LogP contribution in [-0.2, 0) is 6.54 Å². The molecule has 0 bridgehead atoms. The van der Waals surface area contributed by atoms with Crippen LogP contribution < -0.4 is 16.0 Å². The summed E-state index contributed by atoms with van der Waals surface area (Å²) in [5, 5.41) is 19.5. The van der Waals surface area contributed by atoms with Crippen LogP contribution in [0.25, 0.3) is 11.0 Å². The van der Waals surface area contributed by atoms with Crippen molar-refractivity contribution in [3.63, 3.8) is 0 Å². The molecule has 2 aliphatic rings. The largest absolute Gasteiger partial charge is 0.505 e. The van der Waals surface area contributed by atoms with Crippen LogP contribution in [0.4, 0.5) is 0 Å². The SMILES string of the molecule is C[C@H]1CCCN1.OC1=C(Br)CNC=C1NCc1ccc2nccnc2c1. The Morgan fingerprint density at radius 3 is 2.77 bits per heavy atom. The van der Waals surface area contributed by atoms with Crippen molar-refractivity contribution in [1.29, 1.82) is 0 Å². The van der Waals surface area contributed by atoms with E-state index in [-0.39, 0.29) is 5.76 Å². The first kappa shape index (κ1) is 18.7. The van der Waals surface area contributed by atoms with Crippen molar-refractivity contribution in [2.45, 2.75) is 32.4 Å². The number of nitrogens with one attached hydrogen (secondary N) is 3. The first-order chi connectivity index (χ1) is 12.6. The van der Waals surface area contributed by atoms with Gasteiger partial charge in [0.15, 0.2) is 5.76 Å². The van der Waals surface area contributed by atoms with Crippen LogP contribution in [0.1, 0.15) is 25.3 Å². The molecule has 3 heterocycles. The standard InChI is InChI=1S/C14H13BrN4O.C5H11N/c15-10-7-16-8-13(14(10)20)19-6-9-1-2-11-12(5-9)18-4-3-17-11;1-5-3-2-4-6-5/h1-5,8,16,19-20H,6-7H2;5-6H,2-4H2,1H3/t;5-/m.0/s1. The number of halogens is 1. The van der Waals surface area contributed by atoms with Crippen molar-refractivity contribution >= 4 is 27.0 Å². The summed E-state index contributed by atoms with van der Waals surface area (Å²) in [5.41, 5.74) is 3.49. The Morgan fingerprint density at radius 1 is 1.27 bits per heavy atom. The molecule has 0 saturated carbocycles. The zero-order valence-electron chi connectivity index (χ0n) is 14.8. The highest BCUT2D eigenvalue weighted by atomic mass is 79.9. The van der Waals surface area contributed by atoms with E-state index in [1.807, 2.05) is 18.2 Å². The summed E-state index contributed by atoms with van der Waals surface area (Å²) in [6.45, 7) is 4.67. The predicted molar refractivity (Wildman–Crippen MR) is 108 cm³/mol. The molecule has 0 unspecified atom stereocenters. The monoisotopic (exact) mass is 417 g/mol. The van der Waals surface area contributed by atoms with Gasteiger partial charge in [-0.3, -0.25) is 9.97 Å². The van der Waals surface area contributed by atoms with Crippen molar-refractivity contribution in [1.82, 2.24) is 25.9 Å². The molecule has 1 saturated heterocycles. The average Bonchev–Trinajstić information content (AvgIpc) is 3.14. The molecule has 0 spiro atoms. The number of aliphatic hydroxyl groups is 1. The van der Waals surface area contributed by atoms with Crippen LogP contribution in [0, 0.1) is 0 Å². The molecule has 0 radical (unpaired) electrons. The Morgan fingerprint density at radius 2 is 2.08 bits per heavy atom. The third kappa shape index (κ3) is 4.95. The molecule has 138 valence electrons. The summed E-state index contributed by atoms with van der Waals surface area (Å²) < 4.78 is 0.742. The lowest BCUT2D eigenvalue weighted by Gasteiger charge is -2.17. The quantitative estimate of drug-likeness (QED) is 0.614. The molecule has 1 fully saturated rings. The second-order valence-corrected chi connectivity index (χ2v) is 7.38. The number of benzene rings is 1. The second kappa shape index (κ2) is 9.00. The molecule has 26 heavy (non-hydrogen) atoms. The van der Waals surface area contributed by atoms with Crippen LogP contribution in [0.2, 0.25) is 0 Å². The lowest BCUT2D eigenvalue weighted by Crippen LogP contribution is -2.24. The molecule has 2 aromatic rings. The molecule has 0 aliphatic carbocycles. The van der Waals surface area contributed by atoms with E-state index in [9.17, 15) is 5.11 Å². The summed E-state index contributed by atoms with van der Waals surface area (Å²) in [6, 6.07) is 6.72. The fourth-order valence-electron chi connectivity index (χ4n) is 2.85. The number of rotatable bonds is 3. The smallest absolute Gasteiger partial charge is 0.152 e. The van der Waals surface area contributed by atoms with Crippen molar-refractivity contribution in [3.8, 4) is 0 Å². The van der Waals surface area contributed by atoms with E-state index in [0.29, 0.717) is 18.8 Å². The summed E-state index contributed by atoms with van der Waals surface area (Å²) >= 11 is 3.32. The van der Waals surface area contributed by atoms with Crippen LogP contribution in [0.3, 0.4) is 0 Å². The van der Waals surface area contributed by atoms with Gasteiger partial charge in [0.2, 0.25) is 0 Å². The topological polar surface area (TPSA) is 82.1 Å². The summed E-state index contributed by atoms with van der Waals surface area (Å²) in [6.07, 6.45) is 7.88. The average molecular weight is 418 g/mol. The zero-order valence-corrected chi connectivity index (χ0v) is 16.4. The van der Waals surface area contributed by atoms with Crippen molar-refractivity contribution in [2.24, 2.45) is 0 Å². The van der Waals surface area contributed by atoms with E-state index >= 15 is 0 Å². The van der Waals surface area contributed by atoms with E-state index in [4.69, 9.17) is 0 Å². The maximum Gasteiger partial charge on any atom is 0.152 e. The van der Waals surface area contributed by atoms with Gasteiger partial charge >= 0.3 is 0 Å². The minimum atomic E-state index is 0.240. The van der Waals surface area contributed by atoms with E-state index in [2.05, 4.69) is 48.8 Å². The summed E-state index contributed by atoms with van der Waals surface area (Å²) in [4.78, 5) is 8.52. The van der Waals surface area contributed by atoms with Crippen LogP contribution in [0.15, 0.2) is 52.7 Å². The number of dihydropyridines is 1. The van der Waals surface area contributed by atoms with Gasteiger partial charge in [-0.05, 0) is 59.9 Å². The molecule has 4 rings (SSSR count). The lowest BCUT2D eigenvalue weighted by molar-refractivity contribution is 0.405. The van der Waals surface area contributed by atoms with Gasteiger partial charge in [-0.15, -0.1) is 0 Å². The van der Waals surface area contributed by atoms with E-state index in [1.165, 1.54) is 19.4 Å². The van der Waals surface area contributed by atoms with Crippen molar-refractivity contribution in [3.05, 3.63) is 58.3 Å².